The molecule has 1 heterocycles. The molecule has 5 nitrogen and oxygen atoms in total. The number of halogens is 2. The van der Waals surface area contributed by atoms with Crippen molar-refractivity contribution in [2.45, 2.75) is 20.0 Å². The maximum atomic E-state index is 10.4. The number of ether oxygens (including phenoxy) is 2. The molecular weight excluding hydrogens is 411 g/mol. The first kappa shape index (κ1) is 25.4. The van der Waals surface area contributed by atoms with E-state index in [-0.39, 0.29) is 24.8 Å². The zero-order valence-electron chi connectivity index (χ0n) is 17.3. The third kappa shape index (κ3) is 6.96. The fourth-order valence-electron chi connectivity index (χ4n) is 3.56. The zero-order valence-corrected chi connectivity index (χ0v) is 18.8. The number of aliphatic hydroxyl groups excluding tert-OH is 1. The normalized spacial score (nSPS) is 15.1. The van der Waals surface area contributed by atoms with E-state index in [2.05, 4.69) is 28.9 Å². The number of rotatable bonds is 7. The van der Waals surface area contributed by atoms with Crippen molar-refractivity contribution in [3.05, 3.63) is 53.6 Å². The van der Waals surface area contributed by atoms with Crippen LogP contribution in [0.1, 0.15) is 11.1 Å². The first-order valence-electron chi connectivity index (χ1n) is 9.55. The summed E-state index contributed by atoms with van der Waals surface area (Å²) in [5, 5.41) is 10.4. The highest BCUT2D eigenvalue weighted by Gasteiger charge is 2.21. The van der Waals surface area contributed by atoms with Crippen LogP contribution in [-0.2, 0) is 0 Å². The lowest BCUT2D eigenvalue weighted by molar-refractivity contribution is -0.00100. The predicted molar refractivity (Wildman–Crippen MR) is 109 cm³/mol. The topological polar surface area (TPSA) is 45.2 Å². The van der Waals surface area contributed by atoms with Crippen molar-refractivity contribution in [1.29, 1.82) is 0 Å². The van der Waals surface area contributed by atoms with Gasteiger partial charge in [0.1, 0.15) is 24.2 Å². The molecule has 29 heavy (non-hydrogen) atoms. The minimum absolute atomic E-state index is 0. The van der Waals surface area contributed by atoms with Gasteiger partial charge in [-0.1, -0.05) is 29.8 Å². The molecule has 162 valence electrons. The van der Waals surface area contributed by atoms with Gasteiger partial charge in [-0.15, -0.1) is 0 Å². The molecule has 2 aromatic carbocycles. The van der Waals surface area contributed by atoms with Crippen LogP contribution in [0.3, 0.4) is 0 Å². The van der Waals surface area contributed by atoms with E-state index in [0.717, 1.165) is 48.9 Å². The number of nitrogens with zero attached hydrogens (tertiary/aromatic N) is 2. The van der Waals surface area contributed by atoms with Crippen LogP contribution in [-0.4, -0.2) is 62.6 Å². The van der Waals surface area contributed by atoms with Gasteiger partial charge in [-0.2, -0.15) is 0 Å². The Bertz CT molecular complexity index is 753. The van der Waals surface area contributed by atoms with Crippen LogP contribution in [0.2, 0.25) is 0 Å². The van der Waals surface area contributed by atoms with Crippen LogP contribution in [0.15, 0.2) is 42.5 Å². The van der Waals surface area contributed by atoms with Crippen molar-refractivity contribution < 1.29 is 39.4 Å². The molecule has 7 heteroatoms. The minimum Gasteiger partial charge on any atom is -1.00 e. The quantitative estimate of drug-likeness (QED) is 0.493. The summed E-state index contributed by atoms with van der Waals surface area (Å²) < 4.78 is 11.3. The molecule has 0 amide bonds. The third-order valence-corrected chi connectivity index (χ3v) is 5.03. The van der Waals surface area contributed by atoms with E-state index in [4.69, 9.17) is 9.47 Å². The number of aliphatic hydroxyl groups is 1. The van der Waals surface area contributed by atoms with Crippen LogP contribution >= 0.6 is 0 Å². The molecule has 1 N–H and O–H groups in total. The number of piperazine rings is 1. The van der Waals surface area contributed by atoms with E-state index in [1.165, 1.54) is 5.56 Å². The van der Waals surface area contributed by atoms with Gasteiger partial charge < -0.3 is 44.3 Å². The zero-order chi connectivity index (χ0) is 19.2. The Kier molecular flexibility index (Phi) is 10.6. The second-order valence-corrected chi connectivity index (χ2v) is 7.19. The largest absolute Gasteiger partial charge is 1.00 e. The minimum atomic E-state index is -0.497. The Hall–Kier alpha value is -1.66. The Morgan fingerprint density at radius 3 is 2.31 bits per heavy atom. The van der Waals surface area contributed by atoms with Crippen LogP contribution in [0.4, 0.5) is 5.69 Å². The lowest BCUT2D eigenvalue weighted by atomic mass is 10.1. The molecule has 0 aromatic heterocycles. The van der Waals surface area contributed by atoms with Gasteiger partial charge in [0.2, 0.25) is 0 Å². The standard InChI is InChI=1S/C22H30N2O3.2ClH/c1-17-8-9-21(18(2)14-17)27-16-19(25)15-23-10-12-24(13-11-23)20-6-4-5-7-22(20)26-3;;/h4-9,14,19,25H,10-13,15-16H2,1-3H3;2*1H/p-2. The molecule has 0 aliphatic carbocycles. The van der Waals surface area contributed by atoms with Crippen molar-refractivity contribution in [2.24, 2.45) is 0 Å². The van der Waals surface area contributed by atoms with E-state index in [9.17, 15) is 5.11 Å². The van der Waals surface area contributed by atoms with Gasteiger partial charge in [-0.05, 0) is 37.6 Å². The van der Waals surface area contributed by atoms with Crippen molar-refractivity contribution in [3.63, 3.8) is 0 Å². The predicted octanol–water partition coefficient (Wildman–Crippen LogP) is -3.12. The van der Waals surface area contributed by atoms with E-state index >= 15 is 0 Å². The molecule has 1 fully saturated rings. The number of β-amino-alcohol motifs (C(OH)–C–C–N with tert-alkyl or cyclic N) is 1. The van der Waals surface area contributed by atoms with Gasteiger partial charge in [-0.3, -0.25) is 4.90 Å². The molecule has 1 aliphatic rings. The van der Waals surface area contributed by atoms with Gasteiger partial charge >= 0.3 is 0 Å². The molecule has 0 spiro atoms. The average Bonchev–Trinajstić information content (AvgIpc) is 2.68. The number of aryl methyl sites for hydroxylation is 2. The summed E-state index contributed by atoms with van der Waals surface area (Å²) in [7, 11) is 1.71. The number of methoxy groups -OCH3 is 1. The molecule has 0 bridgehead atoms. The summed E-state index contributed by atoms with van der Waals surface area (Å²) in [5.41, 5.74) is 3.46. The van der Waals surface area contributed by atoms with E-state index < -0.39 is 6.10 Å². The maximum Gasteiger partial charge on any atom is 0.142 e. The average molecular weight is 441 g/mol. The highest BCUT2D eigenvalue weighted by atomic mass is 35.5. The second kappa shape index (κ2) is 12.1. The van der Waals surface area contributed by atoms with Crippen LogP contribution in [0, 0.1) is 13.8 Å². The highest BCUT2D eigenvalue weighted by Crippen LogP contribution is 2.28. The van der Waals surface area contributed by atoms with Gasteiger partial charge in [-0.25, -0.2) is 0 Å². The Balaban J connectivity index is 0.00000210. The molecule has 1 aliphatic heterocycles. The lowest BCUT2D eigenvalue weighted by Crippen LogP contribution is -3.00. The fraction of sp³-hybridized carbons (Fsp3) is 0.455. The van der Waals surface area contributed by atoms with Gasteiger partial charge in [0.25, 0.3) is 0 Å². The maximum absolute atomic E-state index is 10.4. The highest BCUT2D eigenvalue weighted by molar-refractivity contribution is 5.58. The summed E-state index contributed by atoms with van der Waals surface area (Å²) in [4.78, 5) is 4.63. The van der Waals surface area contributed by atoms with Crippen molar-refractivity contribution >= 4 is 5.69 Å². The van der Waals surface area contributed by atoms with Crippen LogP contribution < -0.4 is 39.2 Å². The molecule has 3 rings (SSSR count). The lowest BCUT2D eigenvalue weighted by Gasteiger charge is -2.37. The smallest absolute Gasteiger partial charge is 0.142 e. The van der Waals surface area contributed by atoms with E-state index in [1.54, 1.807) is 7.11 Å². The summed E-state index contributed by atoms with van der Waals surface area (Å²) in [5.74, 6) is 1.76. The molecule has 0 radical (unpaired) electrons. The molecule has 1 atom stereocenters. The van der Waals surface area contributed by atoms with Gasteiger partial charge in [0, 0.05) is 32.7 Å². The van der Waals surface area contributed by atoms with Crippen molar-refractivity contribution in [2.75, 3.05) is 51.3 Å². The molecular formula is C22H30Cl2N2O3-2. The van der Waals surface area contributed by atoms with Gasteiger partial charge in [0.05, 0.1) is 12.8 Å². The first-order valence-corrected chi connectivity index (χ1v) is 9.55. The Morgan fingerprint density at radius 1 is 0.966 bits per heavy atom. The van der Waals surface area contributed by atoms with Crippen molar-refractivity contribution in [3.8, 4) is 11.5 Å². The van der Waals surface area contributed by atoms with E-state index in [0.29, 0.717) is 13.2 Å². The van der Waals surface area contributed by atoms with E-state index in [1.807, 2.05) is 37.3 Å². The fourth-order valence-corrected chi connectivity index (χ4v) is 3.56. The summed E-state index contributed by atoms with van der Waals surface area (Å²) >= 11 is 0. The molecule has 0 saturated carbocycles. The Morgan fingerprint density at radius 2 is 1.66 bits per heavy atom. The summed E-state index contributed by atoms with van der Waals surface area (Å²) in [6.07, 6.45) is -0.497. The number of hydrogen-bond donors (Lipinski definition) is 1. The van der Waals surface area contributed by atoms with Crippen LogP contribution in [0.5, 0.6) is 11.5 Å². The second-order valence-electron chi connectivity index (χ2n) is 7.19. The number of para-hydroxylation sites is 2. The number of benzene rings is 2. The molecule has 2 aromatic rings. The number of anilines is 1. The Labute approximate surface area is 186 Å². The molecule has 1 saturated heterocycles. The summed E-state index contributed by atoms with van der Waals surface area (Å²) in [6.45, 7) is 8.72. The monoisotopic (exact) mass is 440 g/mol. The third-order valence-electron chi connectivity index (χ3n) is 5.03. The molecule has 1 unspecified atom stereocenters. The van der Waals surface area contributed by atoms with Gasteiger partial charge in [0.15, 0.2) is 0 Å². The van der Waals surface area contributed by atoms with Crippen LogP contribution in [0.25, 0.3) is 0 Å². The number of hydrogen-bond acceptors (Lipinski definition) is 5. The first-order chi connectivity index (χ1) is 13.1. The van der Waals surface area contributed by atoms with Crippen molar-refractivity contribution in [1.82, 2.24) is 4.90 Å². The SMILES string of the molecule is COc1ccccc1N1CCN(CC(O)COc2ccc(C)cc2C)CC1.[Cl-].[Cl-]. The summed E-state index contributed by atoms with van der Waals surface area (Å²) in [6, 6.07) is 14.2.